The van der Waals surface area contributed by atoms with Crippen molar-refractivity contribution < 1.29 is 19.1 Å². The van der Waals surface area contributed by atoms with Crippen molar-refractivity contribution in [2.45, 2.75) is 38.5 Å². The van der Waals surface area contributed by atoms with Crippen LogP contribution in [0.2, 0.25) is 0 Å². The van der Waals surface area contributed by atoms with Crippen LogP contribution in [0, 0.1) is 11.8 Å². The Balaban J connectivity index is 1.29. The molecule has 1 aromatic carbocycles. The van der Waals surface area contributed by atoms with E-state index >= 15 is 0 Å². The third kappa shape index (κ3) is 4.83. The Morgan fingerprint density at radius 1 is 1.20 bits per heavy atom. The minimum Gasteiger partial charge on any atom is -0.455 e. The molecule has 0 aromatic heterocycles. The standard InChI is InChI=1S/C21H25BrN4O4/c1-12-24-17(20(30-12)25-18(27)14-4-6-16(22)7-5-14)19(28)23-10-13-8-9-26(11-13)21(29)15-2-3-15/h4-7,13,15,17,20H,2-3,8-11H2,1H3,(H,23,28)(H,25,27)/t13-,17?,20?/m0/s1. The van der Waals surface area contributed by atoms with Gasteiger partial charge in [-0.3, -0.25) is 14.4 Å². The molecule has 3 atom stereocenters. The average molecular weight is 477 g/mol. The fraction of sp³-hybridized carbons (Fsp3) is 0.524. The lowest BCUT2D eigenvalue weighted by atomic mass is 10.1. The number of likely N-dealkylation sites (tertiary alicyclic amines) is 1. The van der Waals surface area contributed by atoms with Crippen molar-refractivity contribution in [2.75, 3.05) is 19.6 Å². The Morgan fingerprint density at radius 2 is 1.93 bits per heavy atom. The highest BCUT2D eigenvalue weighted by Gasteiger charge is 2.38. The molecule has 2 N–H and O–H groups in total. The van der Waals surface area contributed by atoms with Crippen LogP contribution in [0.5, 0.6) is 0 Å². The van der Waals surface area contributed by atoms with Gasteiger partial charge in [0.1, 0.15) is 0 Å². The molecule has 3 amide bonds. The molecule has 4 rings (SSSR count). The first-order valence-corrected chi connectivity index (χ1v) is 11.0. The van der Waals surface area contributed by atoms with Gasteiger partial charge in [-0.25, -0.2) is 4.99 Å². The number of benzene rings is 1. The Bertz CT molecular complexity index is 868. The molecule has 3 aliphatic rings. The zero-order chi connectivity index (χ0) is 21.3. The molecule has 0 spiro atoms. The highest BCUT2D eigenvalue weighted by Crippen LogP contribution is 2.32. The second-order valence-electron chi connectivity index (χ2n) is 8.07. The van der Waals surface area contributed by atoms with E-state index in [9.17, 15) is 14.4 Å². The van der Waals surface area contributed by atoms with Crippen molar-refractivity contribution in [3.8, 4) is 0 Å². The molecule has 2 unspecified atom stereocenters. The number of carbonyl (C=O) groups is 3. The molecule has 2 heterocycles. The van der Waals surface area contributed by atoms with Crippen LogP contribution in [0.4, 0.5) is 0 Å². The fourth-order valence-electron chi connectivity index (χ4n) is 3.80. The third-order valence-electron chi connectivity index (χ3n) is 5.64. The normalized spacial score (nSPS) is 25.5. The van der Waals surface area contributed by atoms with E-state index in [2.05, 4.69) is 31.6 Å². The van der Waals surface area contributed by atoms with Crippen LogP contribution >= 0.6 is 15.9 Å². The minimum absolute atomic E-state index is 0.224. The maximum absolute atomic E-state index is 12.7. The molecule has 9 heteroatoms. The van der Waals surface area contributed by atoms with Gasteiger partial charge in [0.2, 0.25) is 12.1 Å². The lowest BCUT2D eigenvalue weighted by molar-refractivity contribution is -0.131. The van der Waals surface area contributed by atoms with E-state index in [1.165, 1.54) is 0 Å². The van der Waals surface area contributed by atoms with Crippen LogP contribution in [0.3, 0.4) is 0 Å². The number of hydrogen-bond acceptors (Lipinski definition) is 5. The summed E-state index contributed by atoms with van der Waals surface area (Å²) in [6, 6.07) is 6.08. The quantitative estimate of drug-likeness (QED) is 0.652. The zero-order valence-electron chi connectivity index (χ0n) is 16.8. The van der Waals surface area contributed by atoms with Crippen molar-refractivity contribution in [3.63, 3.8) is 0 Å². The highest BCUT2D eigenvalue weighted by atomic mass is 79.9. The summed E-state index contributed by atoms with van der Waals surface area (Å²) in [5.74, 6) is 0.448. The first-order valence-electron chi connectivity index (χ1n) is 10.2. The molecule has 160 valence electrons. The zero-order valence-corrected chi connectivity index (χ0v) is 18.4. The van der Waals surface area contributed by atoms with Gasteiger partial charge in [-0.05, 0) is 49.4 Å². The lowest BCUT2D eigenvalue weighted by Gasteiger charge is -2.20. The Hall–Kier alpha value is -2.42. The van der Waals surface area contributed by atoms with Crippen molar-refractivity contribution in [1.82, 2.24) is 15.5 Å². The van der Waals surface area contributed by atoms with Crippen molar-refractivity contribution in [1.29, 1.82) is 0 Å². The largest absolute Gasteiger partial charge is 0.455 e. The van der Waals surface area contributed by atoms with Crippen LogP contribution < -0.4 is 10.6 Å². The number of hydrogen-bond donors (Lipinski definition) is 2. The second kappa shape index (κ2) is 8.75. The number of nitrogens with one attached hydrogen (secondary N) is 2. The number of nitrogens with zero attached hydrogens (tertiary/aromatic N) is 2. The lowest BCUT2D eigenvalue weighted by Crippen LogP contribution is -2.49. The van der Waals surface area contributed by atoms with Crippen LogP contribution in [0.25, 0.3) is 0 Å². The Kier molecular flexibility index (Phi) is 6.08. The van der Waals surface area contributed by atoms with E-state index in [0.29, 0.717) is 24.6 Å². The molecule has 2 aliphatic heterocycles. The summed E-state index contributed by atoms with van der Waals surface area (Å²) in [5.41, 5.74) is 0.469. The smallest absolute Gasteiger partial charge is 0.254 e. The summed E-state index contributed by atoms with van der Waals surface area (Å²) in [5, 5.41) is 5.66. The van der Waals surface area contributed by atoms with Crippen molar-refractivity contribution in [2.24, 2.45) is 16.8 Å². The summed E-state index contributed by atoms with van der Waals surface area (Å²) in [6.07, 6.45) is 2.04. The average Bonchev–Trinajstić information content (AvgIpc) is 3.36. The van der Waals surface area contributed by atoms with Gasteiger partial charge in [-0.1, -0.05) is 15.9 Å². The molecule has 0 radical (unpaired) electrons. The monoisotopic (exact) mass is 476 g/mol. The molecule has 30 heavy (non-hydrogen) atoms. The van der Waals surface area contributed by atoms with Gasteiger partial charge in [-0.15, -0.1) is 0 Å². The topological polar surface area (TPSA) is 100 Å². The SMILES string of the molecule is CC1=NC(C(=O)NC[C@@H]2CCN(C(=O)C3CC3)C2)C(NC(=O)c2ccc(Br)cc2)O1. The van der Waals surface area contributed by atoms with E-state index in [4.69, 9.17) is 4.74 Å². The van der Waals surface area contributed by atoms with E-state index in [0.717, 1.165) is 30.3 Å². The molecule has 0 bridgehead atoms. The predicted molar refractivity (Wildman–Crippen MR) is 114 cm³/mol. The molecule has 8 nitrogen and oxygen atoms in total. The number of halogens is 1. The molecule has 1 saturated heterocycles. The number of ether oxygens (including phenoxy) is 1. The molecule has 1 aliphatic carbocycles. The van der Waals surface area contributed by atoms with Gasteiger partial charge in [0.05, 0.1) is 0 Å². The maximum Gasteiger partial charge on any atom is 0.254 e. The second-order valence-corrected chi connectivity index (χ2v) is 8.99. The van der Waals surface area contributed by atoms with E-state index < -0.39 is 12.3 Å². The first kappa shape index (κ1) is 20.8. The van der Waals surface area contributed by atoms with Gasteiger partial charge in [0.15, 0.2) is 11.9 Å². The van der Waals surface area contributed by atoms with Crippen LogP contribution in [0.1, 0.15) is 36.5 Å². The van der Waals surface area contributed by atoms with Crippen molar-refractivity contribution in [3.05, 3.63) is 34.3 Å². The summed E-state index contributed by atoms with van der Waals surface area (Å²) < 4.78 is 6.43. The number of aliphatic imine (C=N–C) groups is 1. The van der Waals surface area contributed by atoms with Crippen LogP contribution in [0.15, 0.2) is 33.7 Å². The minimum atomic E-state index is -0.849. The van der Waals surface area contributed by atoms with Gasteiger partial charge >= 0.3 is 0 Å². The Labute approximate surface area is 183 Å². The summed E-state index contributed by atoms with van der Waals surface area (Å²) in [6.45, 7) is 3.57. The molecule has 1 aromatic rings. The van der Waals surface area contributed by atoms with Gasteiger partial charge < -0.3 is 20.3 Å². The van der Waals surface area contributed by atoms with Gasteiger partial charge in [-0.2, -0.15) is 0 Å². The number of carbonyl (C=O) groups excluding carboxylic acids is 3. The predicted octanol–water partition coefficient (Wildman–Crippen LogP) is 1.70. The fourth-order valence-corrected chi connectivity index (χ4v) is 4.06. The van der Waals surface area contributed by atoms with E-state index in [-0.39, 0.29) is 29.6 Å². The maximum atomic E-state index is 12.7. The Morgan fingerprint density at radius 3 is 2.63 bits per heavy atom. The van der Waals surface area contributed by atoms with Crippen LogP contribution in [-0.4, -0.2) is 60.4 Å². The third-order valence-corrected chi connectivity index (χ3v) is 6.17. The summed E-state index contributed by atoms with van der Waals surface area (Å²) in [7, 11) is 0. The van der Waals surface area contributed by atoms with Gasteiger partial charge in [0.25, 0.3) is 11.8 Å². The molecule has 2 fully saturated rings. The summed E-state index contributed by atoms with van der Waals surface area (Å²) in [4.78, 5) is 43.5. The number of amides is 3. The number of rotatable bonds is 6. The molecular weight excluding hydrogens is 452 g/mol. The first-order chi connectivity index (χ1) is 14.4. The molecule has 1 saturated carbocycles. The van der Waals surface area contributed by atoms with Crippen LogP contribution in [-0.2, 0) is 14.3 Å². The highest BCUT2D eigenvalue weighted by molar-refractivity contribution is 9.10. The van der Waals surface area contributed by atoms with E-state index in [1.54, 1.807) is 31.2 Å². The van der Waals surface area contributed by atoms with E-state index in [1.807, 2.05) is 4.90 Å². The van der Waals surface area contributed by atoms with Gasteiger partial charge in [0, 0.05) is 42.5 Å². The van der Waals surface area contributed by atoms with Crippen molar-refractivity contribution >= 4 is 39.5 Å². The molecular formula is C21H25BrN4O4. The summed E-state index contributed by atoms with van der Waals surface area (Å²) >= 11 is 3.34.